The van der Waals surface area contributed by atoms with Crippen LogP contribution in [0.25, 0.3) is 10.4 Å². The normalized spacial score (nSPS) is 19.0. The predicted octanol–water partition coefficient (Wildman–Crippen LogP) is 2.54. The van der Waals surface area contributed by atoms with E-state index in [4.69, 9.17) is 4.74 Å². The first kappa shape index (κ1) is 36.4. The Morgan fingerprint density at radius 1 is 1.08 bits per heavy atom. The molecule has 3 amide bonds. The van der Waals surface area contributed by atoms with Crippen LogP contribution in [0.4, 0.5) is 0 Å². The number of aryl methyl sites for hydroxylation is 1. The summed E-state index contributed by atoms with van der Waals surface area (Å²) < 4.78 is 5.80. The number of nitrogens with one attached hydrogen (secondary N) is 3. The summed E-state index contributed by atoms with van der Waals surface area (Å²) in [5.41, 5.74) is 4.81. The number of aromatic nitrogens is 2. The zero-order valence-electron chi connectivity index (χ0n) is 28.9. The van der Waals surface area contributed by atoms with Crippen LogP contribution in [0.3, 0.4) is 0 Å². The number of β-amino-alcohol motifs (C(OH)–C–C–N with tert-alkyl or cyclic N) is 1. The molecule has 264 valence electrons. The Bertz CT molecular complexity index is 1550. The van der Waals surface area contributed by atoms with Crippen LogP contribution < -0.4 is 20.7 Å². The van der Waals surface area contributed by atoms with Crippen LogP contribution in [0.15, 0.2) is 48.1 Å². The van der Waals surface area contributed by atoms with E-state index in [1.807, 2.05) is 57.5 Å². The molecule has 0 aliphatic carbocycles. The highest BCUT2D eigenvalue weighted by Crippen LogP contribution is 2.28. The minimum absolute atomic E-state index is 0.0168. The molecule has 1 aromatic carbocycles. The van der Waals surface area contributed by atoms with Gasteiger partial charge < -0.3 is 35.6 Å². The number of ether oxygens (including phenoxy) is 1. The lowest BCUT2D eigenvalue weighted by Crippen LogP contribution is -2.58. The smallest absolute Gasteiger partial charge is 0.246 e. The molecular formula is C36H49N7O5S. The van der Waals surface area contributed by atoms with E-state index in [0.717, 1.165) is 60.8 Å². The van der Waals surface area contributed by atoms with Crippen LogP contribution in [-0.2, 0) is 27.3 Å². The molecule has 4 heterocycles. The molecule has 4 N–H and O–H groups in total. The Balaban J connectivity index is 1.13. The van der Waals surface area contributed by atoms with Crippen LogP contribution in [-0.4, -0.2) is 107 Å². The molecule has 0 unspecified atom stereocenters. The van der Waals surface area contributed by atoms with Crippen LogP contribution in [0, 0.1) is 12.3 Å². The van der Waals surface area contributed by atoms with Crippen LogP contribution in [0.1, 0.15) is 50.4 Å². The highest BCUT2D eigenvalue weighted by molar-refractivity contribution is 7.13. The third-order valence-electron chi connectivity index (χ3n) is 8.95. The number of hydrogen-bond donors (Lipinski definition) is 4. The van der Waals surface area contributed by atoms with Gasteiger partial charge in [-0.1, -0.05) is 51.1 Å². The topological polar surface area (TPSA) is 149 Å². The lowest BCUT2D eigenvalue weighted by Gasteiger charge is -2.35. The summed E-state index contributed by atoms with van der Waals surface area (Å²) in [5.74, 6) is -0.572. The number of aliphatic hydroxyl groups is 1. The summed E-state index contributed by atoms with van der Waals surface area (Å²) in [6.45, 7) is 13.6. The first-order chi connectivity index (χ1) is 23.5. The zero-order chi connectivity index (χ0) is 35.0. The number of pyridine rings is 1. The Kier molecular flexibility index (Phi) is 12.4. The van der Waals surface area contributed by atoms with Crippen molar-refractivity contribution in [1.29, 1.82) is 0 Å². The summed E-state index contributed by atoms with van der Waals surface area (Å²) in [5, 5.41) is 19.7. The molecule has 12 nitrogen and oxygen atoms in total. The van der Waals surface area contributed by atoms with E-state index in [9.17, 15) is 19.5 Å². The second-order valence-electron chi connectivity index (χ2n) is 13.9. The third kappa shape index (κ3) is 10.1. The quantitative estimate of drug-likeness (QED) is 0.199. The Labute approximate surface area is 292 Å². The van der Waals surface area contributed by atoms with Gasteiger partial charge in [0.05, 0.1) is 35.2 Å². The number of nitrogens with zero attached hydrogens (tertiary/aromatic N) is 4. The molecule has 5 rings (SSSR count). The van der Waals surface area contributed by atoms with Gasteiger partial charge in [-0.25, -0.2) is 9.97 Å². The van der Waals surface area contributed by atoms with Crippen molar-refractivity contribution >= 4 is 29.1 Å². The number of thiazole rings is 1. The zero-order valence-corrected chi connectivity index (χ0v) is 29.7. The second kappa shape index (κ2) is 16.7. The summed E-state index contributed by atoms with van der Waals surface area (Å²) in [4.78, 5) is 54.1. The van der Waals surface area contributed by atoms with Gasteiger partial charge >= 0.3 is 0 Å². The minimum atomic E-state index is -0.908. The van der Waals surface area contributed by atoms with E-state index in [1.165, 1.54) is 4.90 Å². The fraction of sp³-hybridized carbons (Fsp3) is 0.528. The van der Waals surface area contributed by atoms with Gasteiger partial charge in [-0.3, -0.25) is 14.4 Å². The predicted molar refractivity (Wildman–Crippen MR) is 189 cm³/mol. The fourth-order valence-electron chi connectivity index (χ4n) is 6.18. The maximum Gasteiger partial charge on any atom is 0.246 e. The van der Waals surface area contributed by atoms with Crippen molar-refractivity contribution in [3.63, 3.8) is 0 Å². The van der Waals surface area contributed by atoms with Crippen molar-refractivity contribution < 1.29 is 24.2 Å². The molecule has 13 heteroatoms. The molecule has 3 aromatic rings. The van der Waals surface area contributed by atoms with Crippen molar-refractivity contribution in [3.8, 4) is 16.3 Å². The summed E-state index contributed by atoms with van der Waals surface area (Å²) in [6.07, 6.45) is 1.84. The van der Waals surface area contributed by atoms with Gasteiger partial charge in [0, 0.05) is 64.5 Å². The standard InChI is InChI=1S/C36H49N7O5S/c1-24-32(49-23-40-24)27-9-6-25(7-10-27)20-39-34(46)29-19-28(44)22-43(29)35(47)33(36(2,3)4)41-30(45)18-26-8-11-31(38-21-26)48-17-5-14-42-15-12-37-13-16-42/h6-11,21,23,28-29,33,37,44H,5,12-20,22H2,1-4H3,(H,39,46)(H,41,45)/t28-,29+,33-/m1/s1. The number of amides is 3. The minimum Gasteiger partial charge on any atom is -0.478 e. The Hall–Kier alpha value is -3.91. The van der Waals surface area contributed by atoms with Crippen LogP contribution in [0.2, 0.25) is 0 Å². The Morgan fingerprint density at radius 3 is 2.47 bits per heavy atom. The highest BCUT2D eigenvalue weighted by Gasteiger charge is 2.44. The van der Waals surface area contributed by atoms with Gasteiger partial charge in [-0.15, -0.1) is 11.3 Å². The molecule has 2 aliphatic rings. The molecule has 0 bridgehead atoms. The molecule has 0 saturated carbocycles. The molecule has 2 saturated heterocycles. The molecule has 3 atom stereocenters. The van der Waals surface area contributed by atoms with E-state index in [1.54, 1.807) is 29.7 Å². The average Bonchev–Trinajstić information content (AvgIpc) is 3.70. The van der Waals surface area contributed by atoms with Crippen LogP contribution in [0.5, 0.6) is 5.88 Å². The molecule has 2 aliphatic heterocycles. The second-order valence-corrected chi connectivity index (χ2v) is 14.8. The maximum atomic E-state index is 13.9. The van der Waals surface area contributed by atoms with Crippen molar-refractivity contribution in [2.45, 2.75) is 71.7 Å². The van der Waals surface area contributed by atoms with Gasteiger partial charge in [0.25, 0.3) is 0 Å². The number of carbonyl (C=O) groups excluding carboxylic acids is 3. The van der Waals surface area contributed by atoms with Gasteiger partial charge in [-0.05, 0) is 35.4 Å². The molecular weight excluding hydrogens is 643 g/mol. The van der Waals surface area contributed by atoms with Gasteiger partial charge in [0.1, 0.15) is 12.1 Å². The molecule has 0 spiro atoms. The lowest BCUT2D eigenvalue weighted by atomic mass is 9.85. The van der Waals surface area contributed by atoms with Crippen LogP contribution >= 0.6 is 11.3 Å². The van der Waals surface area contributed by atoms with Crippen molar-refractivity contribution in [1.82, 2.24) is 35.7 Å². The first-order valence-electron chi connectivity index (χ1n) is 17.0. The van der Waals surface area contributed by atoms with Gasteiger partial charge in [-0.2, -0.15) is 0 Å². The van der Waals surface area contributed by atoms with Crippen molar-refractivity contribution in [2.24, 2.45) is 5.41 Å². The van der Waals surface area contributed by atoms with Crippen molar-refractivity contribution in [3.05, 3.63) is 64.9 Å². The summed E-state index contributed by atoms with van der Waals surface area (Å²) >= 11 is 1.58. The molecule has 2 fully saturated rings. The van der Waals surface area contributed by atoms with E-state index in [0.29, 0.717) is 18.1 Å². The number of benzene rings is 1. The van der Waals surface area contributed by atoms with Gasteiger partial charge in [0.2, 0.25) is 23.6 Å². The number of carbonyl (C=O) groups is 3. The maximum absolute atomic E-state index is 13.9. The fourth-order valence-corrected chi connectivity index (χ4v) is 6.99. The number of rotatable bonds is 13. The van der Waals surface area contributed by atoms with E-state index in [-0.39, 0.29) is 37.7 Å². The molecule has 2 aromatic heterocycles. The average molecular weight is 692 g/mol. The first-order valence-corrected chi connectivity index (χ1v) is 17.9. The number of piperazine rings is 1. The van der Waals surface area contributed by atoms with E-state index in [2.05, 4.69) is 30.8 Å². The molecule has 0 radical (unpaired) electrons. The number of hydrogen-bond acceptors (Lipinski definition) is 10. The largest absolute Gasteiger partial charge is 0.478 e. The molecule has 49 heavy (non-hydrogen) atoms. The highest BCUT2D eigenvalue weighted by atomic mass is 32.1. The van der Waals surface area contributed by atoms with E-state index >= 15 is 0 Å². The number of aliphatic hydroxyl groups excluding tert-OH is 1. The summed E-state index contributed by atoms with van der Waals surface area (Å²) in [7, 11) is 0. The third-order valence-corrected chi connectivity index (χ3v) is 9.93. The van der Waals surface area contributed by atoms with Crippen molar-refractivity contribution in [2.75, 3.05) is 45.9 Å². The van der Waals surface area contributed by atoms with Gasteiger partial charge in [0.15, 0.2) is 0 Å². The van der Waals surface area contributed by atoms with E-state index < -0.39 is 29.5 Å². The SMILES string of the molecule is Cc1ncsc1-c1ccc(CNC(=O)[C@@H]2C[C@@H](O)CN2C(=O)[C@@H](NC(=O)Cc2ccc(OCCCN3CCNCC3)nc2)C(C)(C)C)cc1. The monoisotopic (exact) mass is 691 g/mol. The lowest BCUT2D eigenvalue weighted by molar-refractivity contribution is -0.144. The number of likely N-dealkylation sites (tertiary alicyclic amines) is 1. The summed E-state index contributed by atoms with van der Waals surface area (Å²) in [6, 6.07) is 9.72. The Morgan fingerprint density at radius 2 is 1.82 bits per heavy atom.